The Kier molecular flexibility index (Phi) is 4.76. The van der Waals surface area contributed by atoms with E-state index in [1.54, 1.807) is 12.1 Å². The first-order valence-electron chi connectivity index (χ1n) is 8.12. The van der Waals surface area contributed by atoms with Gasteiger partial charge >= 0.3 is 0 Å². The molecule has 2 aliphatic heterocycles. The van der Waals surface area contributed by atoms with E-state index in [9.17, 15) is 4.39 Å². The molecule has 3 rings (SSSR count). The molecule has 1 saturated heterocycles. The lowest BCUT2D eigenvalue weighted by Crippen LogP contribution is -2.42. The first-order valence-corrected chi connectivity index (χ1v) is 8.12. The molecule has 3 nitrogen and oxygen atoms in total. The van der Waals surface area contributed by atoms with E-state index in [4.69, 9.17) is 4.74 Å². The molecule has 0 amide bonds. The molecule has 0 spiro atoms. The number of nitrogens with zero attached hydrogens (tertiary/aromatic N) is 1. The van der Waals surface area contributed by atoms with Crippen LogP contribution in [0.1, 0.15) is 25.3 Å². The van der Waals surface area contributed by atoms with Crippen LogP contribution in [0.25, 0.3) is 0 Å². The average molecular weight is 292 g/mol. The highest BCUT2D eigenvalue weighted by Crippen LogP contribution is 2.30. The van der Waals surface area contributed by atoms with E-state index >= 15 is 0 Å². The summed E-state index contributed by atoms with van der Waals surface area (Å²) in [7, 11) is 0. The van der Waals surface area contributed by atoms with Crippen molar-refractivity contribution >= 4 is 0 Å². The van der Waals surface area contributed by atoms with Gasteiger partial charge < -0.3 is 10.1 Å². The zero-order chi connectivity index (χ0) is 14.7. The number of rotatable bonds is 5. The lowest BCUT2D eigenvalue weighted by Gasteiger charge is -2.33. The molecule has 0 radical (unpaired) electrons. The van der Waals surface area contributed by atoms with E-state index in [1.165, 1.54) is 18.9 Å². The third-order valence-corrected chi connectivity index (χ3v) is 4.62. The maximum absolute atomic E-state index is 13.2. The zero-order valence-electron chi connectivity index (χ0n) is 12.8. The van der Waals surface area contributed by atoms with Gasteiger partial charge in [0.1, 0.15) is 17.7 Å². The Hall–Kier alpha value is -1.13. The van der Waals surface area contributed by atoms with E-state index in [0.717, 1.165) is 56.4 Å². The molecule has 21 heavy (non-hydrogen) atoms. The molecule has 1 unspecified atom stereocenters. The van der Waals surface area contributed by atoms with Crippen molar-refractivity contribution in [2.75, 3.05) is 32.7 Å². The van der Waals surface area contributed by atoms with Gasteiger partial charge in [0.05, 0.1) is 0 Å². The average Bonchev–Trinajstić information content (AvgIpc) is 2.88. The van der Waals surface area contributed by atoms with Crippen LogP contribution in [0.5, 0.6) is 5.75 Å². The topological polar surface area (TPSA) is 24.5 Å². The Labute approximate surface area is 126 Å². The fraction of sp³-hybridized carbons (Fsp3) is 0.647. The van der Waals surface area contributed by atoms with Crippen molar-refractivity contribution in [1.29, 1.82) is 0 Å². The van der Waals surface area contributed by atoms with Gasteiger partial charge in [-0.1, -0.05) is 6.92 Å². The van der Waals surface area contributed by atoms with Crippen molar-refractivity contribution in [3.63, 3.8) is 0 Å². The smallest absolute Gasteiger partial charge is 0.123 e. The lowest BCUT2D eigenvalue weighted by molar-refractivity contribution is 0.116. The third-order valence-electron chi connectivity index (χ3n) is 4.62. The van der Waals surface area contributed by atoms with Crippen LogP contribution in [0.3, 0.4) is 0 Å². The molecule has 1 fully saturated rings. The molecule has 4 heteroatoms. The van der Waals surface area contributed by atoms with Crippen LogP contribution in [0.4, 0.5) is 4.39 Å². The Balaban J connectivity index is 1.45. The Morgan fingerprint density at radius 2 is 2.14 bits per heavy atom. The number of benzene rings is 1. The Bertz CT molecular complexity index is 472. The van der Waals surface area contributed by atoms with Crippen molar-refractivity contribution in [1.82, 2.24) is 10.2 Å². The normalized spacial score (nSPS) is 23.0. The minimum Gasteiger partial charge on any atom is -0.488 e. The fourth-order valence-corrected chi connectivity index (χ4v) is 3.40. The van der Waals surface area contributed by atoms with Crippen LogP contribution in [-0.4, -0.2) is 43.7 Å². The zero-order valence-corrected chi connectivity index (χ0v) is 12.8. The van der Waals surface area contributed by atoms with Crippen LogP contribution < -0.4 is 10.1 Å². The number of hydrogen-bond donors (Lipinski definition) is 1. The fourth-order valence-electron chi connectivity index (χ4n) is 3.40. The number of halogens is 1. The lowest BCUT2D eigenvalue weighted by atomic mass is 9.96. The summed E-state index contributed by atoms with van der Waals surface area (Å²) in [6, 6.07) is 4.85. The molecule has 1 aromatic rings. The Morgan fingerprint density at radius 1 is 1.33 bits per heavy atom. The maximum Gasteiger partial charge on any atom is 0.123 e. The van der Waals surface area contributed by atoms with Crippen LogP contribution in [-0.2, 0) is 6.42 Å². The SMILES string of the molecule is CCNCC1CCN(CC2Cc3cc(F)ccc3O2)CC1. The summed E-state index contributed by atoms with van der Waals surface area (Å²) in [6.45, 7) is 7.64. The second-order valence-corrected chi connectivity index (χ2v) is 6.25. The number of ether oxygens (including phenoxy) is 1. The maximum atomic E-state index is 13.2. The summed E-state index contributed by atoms with van der Waals surface area (Å²) in [4.78, 5) is 2.50. The number of likely N-dealkylation sites (tertiary alicyclic amines) is 1. The van der Waals surface area contributed by atoms with Crippen LogP contribution in [0.2, 0.25) is 0 Å². The molecule has 1 N–H and O–H groups in total. The van der Waals surface area contributed by atoms with E-state index in [2.05, 4.69) is 17.1 Å². The van der Waals surface area contributed by atoms with Crippen LogP contribution >= 0.6 is 0 Å². The second kappa shape index (κ2) is 6.75. The van der Waals surface area contributed by atoms with Crippen LogP contribution in [0, 0.1) is 11.7 Å². The van der Waals surface area contributed by atoms with E-state index < -0.39 is 0 Å². The standard InChI is InChI=1S/C17H25FN2O/c1-2-19-11-13-5-7-20(8-6-13)12-16-10-14-9-15(18)3-4-17(14)21-16/h3-4,9,13,16,19H,2,5-8,10-12H2,1H3. The van der Waals surface area contributed by atoms with Crippen molar-refractivity contribution in [3.05, 3.63) is 29.6 Å². The molecule has 2 aliphatic rings. The number of fused-ring (bicyclic) bond motifs is 1. The van der Waals surface area contributed by atoms with E-state index in [0.29, 0.717) is 0 Å². The van der Waals surface area contributed by atoms with Gasteiger partial charge in [-0.15, -0.1) is 0 Å². The van der Waals surface area contributed by atoms with Gasteiger partial charge in [0.25, 0.3) is 0 Å². The van der Waals surface area contributed by atoms with Gasteiger partial charge in [-0.25, -0.2) is 4.39 Å². The van der Waals surface area contributed by atoms with E-state index in [1.807, 2.05) is 0 Å². The highest BCUT2D eigenvalue weighted by molar-refractivity contribution is 5.37. The predicted molar refractivity (Wildman–Crippen MR) is 82.2 cm³/mol. The largest absolute Gasteiger partial charge is 0.488 e. The second-order valence-electron chi connectivity index (χ2n) is 6.25. The molecule has 116 valence electrons. The summed E-state index contributed by atoms with van der Waals surface area (Å²) in [5, 5.41) is 3.44. The minimum atomic E-state index is -0.165. The van der Waals surface area contributed by atoms with Crippen molar-refractivity contribution < 1.29 is 9.13 Å². The molecule has 0 aromatic heterocycles. The highest BCUT2D eigenvalue weighted by Gasteiger charge is 2.27. The van der Waals surface area contributed by atoms with Crippen LogP contribution in [0.15, 0.2) is 18.2 Å². The van der Waals surface area contributed by atoms with Gasteiger partial charge in [-0.3, -0.25) is 4.90 Å². The van der Waals surface area contributed by atoms with Crippen molar-refractivity contribution in [3.8, 4) is 5.75 Å². The molecule has 2 heterocycles. The third kappa shape index (κ3) is 3.74. The van der Waals surface area contributed by atoms with Gasteiger partial charge in [-0.05, 0) is 63.1 Å². The van der Waals surface area contributed by atoms with E-state index in [-0.39, 0.29) is 11.9 Å². The summed E-state index contributed by atoms with van der Waals surface area (Å²) in [5.41, 5.74) is 1.02. The molecular formula is C17H25FN2O. The number of piperidine rings is 1. The molecule has 0 bridgehead atoms. The monoisotopic (exact) mass is 292 g/mol. The summed E-state index contributed by atoms with van der Waals surface area (Å²) in [6.07, 6.45) is 3.56. The summed E-state index contributed by atoms with van der Waals surface area (Å²) >= 11 is 0. The first-order chi connectivity index (χ1) is 10.2. The highest BCUT2D eigenvalue weighted by atomic mass is 19.1. The van der Waals surface area contributed by atoms with Gasteiger partial charge in [-0.2, -0.15) is 0 Å². The molecule has 1 atom stereocenters. The predicted octanol–water partition coefficient (Wildman–Crippen LogP) is 2.45. The van der Waals surface area contributed by atoms with Crippen molar-refractivity contribution in [2.45, 2.75) is 32.3 Å². The number of nitrogens with one attached hydrogen (secondary N) is 1. The molecular weight excluding hydrogens is 267 g/mol. The molecule has 0 aliphatic carbocycles. The van der Waals surface area contributed by atoms with Gasteiger partial charge in [0.2, 0.25) is 0 Å². The van der Waals surface area contributed by atoms with Crippen molar-refractivity contribution in [2.24, 2.45) is 5.92 Å². The van der Waals surface area contributed by atoms with Gasteiger partial charge in [0, 0.05) is 18.5 Å². The van der Waals surface area contributed by atoms with Gasteiger partial charge in [0.15, 0.2) is 0 Å². The minimum absolute atomic E-state index is 0.165. The quantitative estimate of drug-likeness (QED) is 0.902. The Morgan fingerprint density at radius 3 is 2.90 bits per heavy atom. The molecule has 1 aromatic carbocycles. The number of hydrogen-bond acceptors (Lipinski definition) is 3. The first kappa shape index (κ1) is 14.8. The summed E-state index contributed by atoms with van der Waals surface area (Å²) < 4.78 is 19.2. The summed E-state index contributed by atoms with van der Waals surface area (Å²) in [5.74, 6) is 1.52. The molecule has 0 saturated carbocycles.